The van der Waals surface area contributed by atoms with Crippen LogP contribution in [-0.4, -0.2) is 34.6 Å². The number of fused-ring (bicyclic) bond motifs is 2. The van der Waals surface area contributed by atoms with E-state index in [1.165, 1.54) is 19.2 Å². The molecule has 0 bridgehead atoms. The van der Waals surface area contributed by atoms with Gasteiger partial charge in [-0.25, -0.2) is 4.90 Å². The number of hydrogen-bond donors (Lipinski definition) is 1. The largest absolute Gasteiger partial charge is 0.497 e. The Hall–Kier alpha value is -4.07. The van der Waals surface area contributed by atoms with Crippen LogP contribution in [0.2, 0.25) is 5.02 Å². The van der Waals surface area contributed by atoms with Crippen LogP contribution in [0.3, 0.4) is 0 Å². The van der Waals surface area contributed by atoms with Gasteiger partial charge < -0.3 is 10.1 Å². The fourth-order valence-corrected chi connectivity index (χ4v) is 8.34. The molecule has 1 fully saturated rings. The highest BCUT2D eigenvalue weighted by Gasteiger charge is 2.56. The molecule has 44 heavy (non-hydrogen) atoms. The zero-order valence-corrected chi connectivity index (χ0v) is 25.0. The number of nitrogens with one attached hydrogen (secondary N) is 1. The fraction of sp³-hybridized carbons (Fsp3) is 0.200. The molecule has 3 heterocycles. The summed E-state index contributed by atoms with van der Waals surface area (Å²) in [5, 5.41) is 2.08. The third-order valence-corrected chi connectivity index (χ3v) is 10.3. The number of methoxy groups -OCH3 is 1. The number of amides is 3. The van der Waals surface area contributed by atoms with Crippen molar-refractivity contribution in [2.75, 3.05) is 17.3 Å². The lowest BCUT2D eigenvalue weighted by atomic mass is 9.83. The summed E-state index contributed by atoms with van der Waals surface area (Å²) in [7, 11) is 1.50. The van der Waals surface area contributed by atoms with Crippen molar-refractivity contribution in [1.29, 1.82) is 0 Å². The zero-order valence-electron chi connectivity index (χ0n) is 22.6. The summed E-state index contributed by atoms with van der Waals surface area (Å²) >= 11 is 7.95. The number of hydrogen-bond acceptors (Lipinski definition) is 7. The second-order valence-corrected chi connectivity index (χ2v) is 12.6. The summed E-state index contributed by atoms with van der Waals surface area (Å²) in [4.78, 5) is 55.1. The fourth-order valence-electron chi connectivity index (χ4n) is 5.44. The van der Waals surface area contributed by atoms with Crippen LogP contribution >= 0.6 is 34.7 Å². The number of ether oxygens (including phenoxy) is 1. The van der Waals surface area contributed by atoms with Gasteiger partial charge in [0.25, 0.3) is 0 Å². The first-order valence-electron chi connectivity index (χ1n) is 13.1. The molecule has 0 spiro atoms. The molecule has 14 heteroatoms. The third kappa shape index (κ3) is 5.29. The van der Waals surface area contributed by atoms with Gasteiger partial charge in [0.05, 0.1) is 35.0 Å². The van der Waals surface area contributed by atoms with E-state index in [1.807, 2.05) is 0 Å². The highest BCUT2D eigenvalue weighted by molar-refractivity contribution is 8.00. The number of para-hydroxylation sites is 1. The molecule has 2 unspecified atom stereocenters. The molecule has 226 valence electrons. The van der Waals surface area contributed by atoms with Crippen LogP contribution in [-0.2, 0) is 27.1 Å². The van der Waals surface area contributed by atoms with Crippen LogP contribution in [0.5, 0.6) is 5.75 Å². The second-order valence-electron chi connectivity index (χ2n) is 10.0. The molecule has 1 saturated heterocycles. The molecule has 3 amide bonds. The van der Waals surface area contributed by atoms with Crippen LogP contribution in [0.15, 0.2) is 82.6 Å². The van der Waals surface area contributed by atoms with Gasteiger partial charge >= 0.3 is 11.0 Å². The summed E-state index contributed by atoms with van der Waals surface area (Å²) in [6.45, 7) is -0.598. The lowest BCUT2D eigenvalue weighted by Crippen LogP contribution is -2.33. The van der Waals surface area contributed by atoms with Gasteiger partial charge in [-0.3, -0.25) is 23.7 Å². The number of carbonyl (C=O) groups is 3. The lowest BCUT2D eigenvalue weighted by Gasteiger charge is -2.30. The van der Waals surface area contributed by atoms with Gasteiger partial charge in [-0.2, -0.15) is 13.2 Å². The van der Waals surface area contributed by atoms with Crippen molar-refractivity contribution in [3.63, 3.8) is 0 Å². The van der Waals surface area contributed by atoms with E-state index in [2.05, 4.69) is 5.32 Å². The van der Waals surface area contributed by atoms with Crippen molar-refractivity contribution >= 4 is 63.8 Å². The van der Waals surface area contributed by atoms with Gasteiger partial charge in [0.15, 0.2) is 0 Å². The average molecular weight is 660 g/mol. The summed E-state index contributed by atoms with van der Waals surface area (Å²) in [6.07, 6.45) is -4.70. The van der Waals surface area contributed by atoms with Gasteiger partial charge in [0, 0.05) is 15.8 Å². The number of imide groups is 1. The molecule has 2 aliphatic rings. The summed E-state index contributed by atoms with van der Waals surface area (Å²) in [6, 6.07) is 17.7. The van der Waals surface area contributed by atoms with Crippen molar-refractivity contribution in [3.05, 3.63) is 103 Å². The summed E-state index contributed by atoms with van der Waals surface area (Å²) < 4.78 is 46.8. The number of thioether (sulfide) groups is 1. The Kier molecular flexibility index (Phi) is 7.80. The Bertz CT molecular complexity index is 1840. The van der Waals surface area contributed by atoms with Crippen LogP contribution in [0.4, 0.5) is 24.5 Å². The van der Waals surface area contributed by atoms with Crippen molar-refractivity contribution in [3.8, 4) is 5.75 Å². The second kappa shape index (κ2) is 11.5. The number of rotatable bonds is 6. The zero-order chi connectivity index (χ0) is 31.3. The standard InChI is InChI=1S/C30H21ClF3N3O5S2/c1-42-18-12-10-17(11-13-18)37-26(39)23-22(15-6-8-16(31)9-7-15)25-28(43-24(23)27(37)40)36(29(41)44-25)14-21(38)35-20-5-3-2-4-19(20)30(32,33)34/h2-13,22-24H,14H2,1H3,(H,35,38)/t22-,23?,24?/m1/s1. The van der Waals surface area contributed by atoms with E-state index < -0.39 is 63.7 Å². The van der Waals surface area contributed by atoms with E-state index in [1.54, 1.807) is 48.5 Å². The SMILES string of the molecule is COc1ccc(N2C(=O)C3Sc4c(sc(=O)n4CC(=O)Nc4ccccc4C(F)(F)F)[C@H](c4ccc(Cl)cc4)C3C2=O)cc1. The van der Waals surface area contributed by atoms with Crippen molar-refractivity contribution in [2.45, 2.75) is 28.9 Å². The Labute approximate surface area is 261 Å². The van der Waals surface area contributed by atoms with Gasteiger partial charge in [-0.05, 0) is 54.1 Å². The molecule has 1 N–H and O–H groups in total. The predicted molar refractivity (Wildman–Crippen MR) is 161 cm³/mol. The van der Waals surface area contributed by atoms with E-state index >= 15 is 0 Å². The highest BCUT2D eigenvalue weighted by atomic mass is 35.5. The molecule has 8 nitrogen and oxygen atoms in total. The number of alkyl halides is 3. The molecule has 4 aromatic rings. The first-order chi connectivity index (χ1) is 21.0. The Morgan fingerprint density at radius 1 is 0.977 bits per heavy atom. The van der Waals surface area contributed by atoms with E-state index in [9.17, 15) is 32.3 Å². The predicted octanol–water partition coefficient (Wildman–Crippen LogP) is 6.03. The average Bonchev–Trinajstić information content (AvgIpc) is 3.43. The van der Waals surface area contributed by atoms with Crippen molar-refractivity contribution in [2.24, 2.45) is 5.92 Å². The molecule has 3 atom stereocenters. The molecular weight excluding hydrogens is 639 g/mol. The Morgan fingerprint density at radius 2 is 1.66 bits per heavy atom. The van der Waals surface area contributed by atoms with Gasteiger partial charge in [-0.15, -0.1) is 0 Å². The quantitative estimate of drug-likeness (QED) is 0.254. The molecule has 2 aliphatic heterocycles. The first-order valence-corrected chi connectivity index (χ1v) is 15.2. The molecule has 0 saturated carbocycles. The molecule has 0 aliphatic carbocycles. The number of anilines is 2. The number of benzene rings is 3. The number of halogens is 4. The molecule has 0 radical (unpaired) electrons. The molecule has 3 aromatic carbocycles. The maximum Gasteiger partial charge on any atom is 0.418 e. The Morgan fingerprint density at radius 3 is 2.32 bits per heavy atom. The number of nitrogens with zero attached hydrogens (tertiary/aromatic N) is 2. The number of aromatic nitrogens is 1. The van der Waals surface area contributed by atoms with E-state index in [0.29, 0.717) is 31.9 Å². The Balaban J connectivity index is 1.39. The van der Waals surface area contributed by atoms with E-state index in [-0.39, 0.29) is 0 Å². The van der Waals surface area contributed by atoms with Gasteiger partial charge in [-0.1, -0.05) is 59.0 Å². The minimum atomic E-state index is -4.70. The van der Waals surface area contributed by atoms with Crippen LogP contribution in [0.25, 0.3) is 0 Å². The minimum Gasteiger partial charge on any atom is -0.497 e. The van der Waals surface area contributed by atoms with Crippen molar-refractivity contribution < 1.29 is 32.3 Å². The maximum absolute atomic E-state index is 13.9. The van der Waals surface area contributed by atoms with Crippen molar-refractivity contribution in [1.82, 2.24) is 4.57 Å². The molecule has 6 rings (SSSR count). The normalized spacial score (nSPS) is 19.5. The van der Waals surface area contributed by atoms with Gasteiger partial charge in [0.1, 0.15) is 17.5 Å². The minimum absolute atomic E-state index is 0.304. The third-order valence-electron chi connectivity index (χ3n) is 7.42. The summed E-state index contributed by atoms with van der Waals surface area (Å²) in [5.74, 6) is -2.85. The molecule has 1 aromatic heterocycles. The van der Waals surface area contributed by atoms with Crippen LogP contribution in [0.1, 0.15) is 21.9 Å². The van der Waals surface area contributed by atoms with Crippen LogP contribution < -0.4 is 19.8 Å². The maximum atomic E-state index is 13.9. The molecular formula is C30H21ClF3N3O5S2. The monoisotopic (exact) mass is 659 g/mol. The van der Waals surface area contributed by atoms with Gasteiger partial charge in [0.2, 0.25) is 17.7 Å². The van der Waals surface area contributed by atoms with E-state index in [0.717, 1.165) is 44.7 Å². The van der Waals surface area contributed by atoms with E-state index in [4.69, 9.17) is 16.3 Å². The number of carbonyl (C=O) groups excluding carboxylic acids is 3. The topological polar surface area (TPSA) is 97.7 Å². The highest BCUT2D eigenvalue weighted by Crippen LogP contribution is 2.54. The first kappa shape index (κ1) is 30.0. The number of thiazole rings is 1. The van der Waals surface area contributed by atoms with Crippen LogP contribution in [0, 0.1) is 5.92 Å². The summed E-state index contributed by atoms with van der Waals surface area (Å²) in [5.41, 5.74) is -0.475. The lowest BCUT2D eigenvalue weighted by molar-refractivity contribution is -0.137. The smallest absolute Gasteiger partial charge is 0.418 e.